The maximum atomic E-state index is 14.9. The van der Waals surface area contributed by atoms with E-state index in [0.29, 0.717) is 52.1 Å². The quantitative estimate of drug-likeness (QED) is 0.216. The van der Waals surface area contributed by atoms with Crippen molar-refractivity contribution >= 4 is 40.3 Å². The number of urea groups is 1. The van der Waals surface area contributed by atoms with E-state index in [2.05, 4.69) is 31.2 Å². The summed E-state index contributed by atoms with van der Waals surface area (Å²) in [4.78, 5) is 37.0. The Morgan fingerprint density at radius 1 is 1.09 bits per heavy atom. The summed E-state index contributed by atoms with van der Waals surface area (Å²) in [6.07, 6.45) is 6.48. The molecule has 4 aromatic rings. The highest BCUT2D eigenvalue weighted by atomic mass is 35.5. The van der Waals surface area contributed by atoms with Gasteiger partial charge in [-0.25, -0.2) is 19.2 Å². The van der Waals surface area contributed by atoms with Crippen molar-refractivity contribution in [1.82, 2.24) is 25.1 Å². The van der Waals surface area contributed by atoms with Crippen LogP contribution in [0, 0.1) is 5.82 Å². The first-order valence-corrected chi connectivity index (χ1v) is 18.4. The molecule has 3 aromatic carbocycles. The lowest BCUT2D eigenvalue weighted by molar-refractivity contribution is -0.0712. The fraction of sp³-hybridized carbons (Fsp3) is 0.350. The molecule has 1 aromatic heterocycles. The number of para-hydroxylation sites is 1. The first-order valence-electron chi connectivity index (χ1n) is 18.0. The molecule has 3 saturated heterocycles. The number of nitrogens with zero attached hydrogens (tertiary/aromatic N) is 4. The van der Waals surface area contributed by atoms with Crippen molar-refractivity contribution < 1.29 is 28.2 Å². The highest BCUT2D eigenvalue weighted by molar-refractivity contribution is 6.30. The molecule has 0 bridgehead atoms. The molecule has 9 rings (SSSR count). The summed E-state index contributed by atoms with van der Waals surface area (Å²) < 4.78 is 35.6. The first kappa shape index (κ1) is 33.8. The molecule has 5 heterocycles. The van der Waals surface area contributed by atoms with Crippen LogP contribution in [0.5, 0.6) is 11.5 Å². The summed E-state index contributed by atoms with van der Waals surface area (Å²) in [5.74, 6) is 0.287. The van der Waals surface area contributed by atoms with Gasteiger partial charge in [0, 0.05) is 35.4 Å². The van der Waals surface area contributed by atoms with Crippen LogP contribution >= 0.6 is 11.6 Å². The lowest BCUT2D eigenvalue weighted by atomic mass is 9.88. The Balaban J connectivity index is 0.916. The van der Waals surface area contributed by atoms with E-state index in [-0.39, 0.29) is 30.0 Å². The third-order valence-corrected chi connectivity index (χ3v) is 11.1. The Kier molecular flexibility index (Phi) is 8.36. The van der Waals surface area contributed by atoms with Gasteiger partial charge in [0.05, 0.1) is 47.5 Å². The van der Waals surface area contributed by atoms with Crippen LogP contribution in [0.3, 0.4) is 0 Å². The van der Waals surface area contributed by atoms with Crippen molar-refractivity contribution in [1.29, 1.82) is 0 Å². The Labute approximate surface area is 310 Å². The van der Waals surface area contributed by atoms with Crippen molar-refractivity contribution in [3.05, 3.63) is 111 Å². The molecule has 272 valence electrons. The van der Waals surface area contributed by atoms with Crippen LogP contribution < -0.4 is 20.1 Å². The number of carbonyl (C=O) groups is 2. The molecule has 2 N–H and O–H groups in total. The van der Waals surface area contributed by atoms with Gasteiger partial charge >= 0.3 is 6.03 Å². The molecule has 1 aliphatic carbocycles. The van der Waals surface area contributed by atoms with E-state index >= 15 is 0 Å². The number of halogens is 2. The van der Waals surface area contributed by atoms with Crippen LogP contribution in [-0.2, 0) is 23.6 Å². The van der Waals surface area contributed by atoms with Crippen LogP contribution in [-0.4, -0.2) is 63.9 Å². The van der Waals surface area contributed by atoms with E-state index in [1.807, 2.05) is 37.3 Å². The predicted octanol–water partition coefficient (Wildman–Crippen LogP) is 6.75. The van der Waals surface area contributed by atoms with E-state index < -0.39 is 11.6 Å². The number of carbonyl (C=O) groups excluding carboxylic acids is 2. The molecule has 13 heteroatoms. The fourth-order valence-corrected chi connectivity index (χ4v) is 8.16. The summed E-state index contributed by atoms with van der Waals surface area (Å²) in [5, 5.41) is 5.94. The topological polar surface area (TPSA) is 119 Å². The summed E-state index contributed by atoms with van der Waals surface area (Å²) in [5.41, 5.74) is 5.56. The van der Waals surface area contributed by atoms with Crippen molar-refractivity contribution in [2.45, 2.75) is 70.1 Å². The van der Waals surface area contributed by atoms with Gasteiger partial charge in [0.25, 0.3) is 11.7 Å². The third kappa shape index (κ3) is 6.28. The number of ether oxygens (including phenoxy) is 3. The van der Waals surface area contributed by atoms with Gasteiger partial charge in [-0.15, -0.1) is 0 Å². The molecule has 3 amide bonds. The summed E-state index contributed by atoms with van der Waals surface area (Å²) in [7, 11) is 0. The minimum absolute atomic E-state index is 0.128. The summed E-state index contributed by atoms with van der Waals surface area (Å²) in [6, 6.07) is 15.5. The molecule has 53 heavy (non-hydrogen) atoms. The number of nitrogens with one attached hydrogen (secondary N) is 2. The lowest BCUT2D eigenvalue weighted by Gasteiger charge is -2.33. The first-order chi connectivity index (χ1) is 25.6. The number of hydrogen-bond acceptors (Lipinski definition) is 7. The zero-order valence-electron chi connectivity index (χ0n) is 29.3. The standard InChI is InChI=1S/C40H38ClFN6O5/c1-22-16-26(19-32-36(22)46-39(50)45-32)43-38(49)24-6-9-33-31(17-24)44-35(48(33)20-27-12-15-51-27)21-47-13-10-23(11-14-47)28-4-3-5-34-37(28)53-40(2,52-34)29-8-7-25(41)18-30(29)42/h3-9,16-19,23,27,36H,10-15,20-21H2,1-2H3,(H2,45,46,50)/t27-,36?,40?/m0/s1. The molecule has 3 atom stereocenters. The molecule has 0 radical (unpaired) electrons. The number of benzene rings is 3. The minimum Gasteiger partial charge on any atom is -0.444 e. The Bertz CT molecular complexity index is 2270. The van der Waals surface area contributed by atoms with Crippen molar-refractivity contribution in [3.63, 3.8) is 0 Å². The van der Waals surface area contributed by atoms with Gasteiger partial charge in [-0.3, -0.25) is 9.69 Å². The number of rotatable bonds is 7. The number of aromatic nitrogens is 2. The van der Waals surface area contributed by atoms with Gasteiger partial charge in [-0.2, -0.15) is 0 Å². The van der Waals surface area contributed by atoms with Gasteiger partial charge in [0.2, 0.25) is 0 Å². The van der Waals surface area contributed by atoms with Crippen molar-refractivity contribution in [2.24, 2.45) is 4.99 Å². The largest absolute Gasteiger partial charge is 0.444 e. The van der Waals surface area contributed by atoms with Gasteiger partial charge in [-0.1, -0.05) is 23.7 Å². The van der Waals surface area contributed by atoms with Gasteiger partial charge in [-0.05, 0) is 105 Å². The predicted molar refractivity (Wildman–Crippen MR) is 197 cm³/mol. The number of imidazole rings is 1. The highest BCUT2D eigenvalue weighted by Gasteiger charge is 2.43. The van der Waals surface area contributed by atoms with Crippen molar-refractivity contribution in [2.75, 3.05) is 19.7 Å². The second-order valence-corrected chi connectivity index (χ2v) is 14.9. The number of piperidine rings is 1. The van der Waals surface area contributed by atoms with Crippen LogP contribution in [0.25, 0.3) is 11.0 Å². The Morgan fingerprint density at radius 3 is 2.70 bits per heavy atom. The van der Waals surface area contributed by atoms with E-state index in [0.717, 1.165) is 67.0 Å². The van der Waals surface area contributed by atoms with E-state index in [9.17, 15) is 14.0 Å². The summed E-state index contributed by atoms with van der Waals surface area (Å²) in [6.45, 7) is 7.43. The molecule has 0 saturated carbocycles. The Hall–Kier alpha value is -5.04. The molecular formula is C40H38ClFN6O5. The number of amides is 3. The zero-order valence-corrected chi connectivity index (χ0v) is 30.1. The van der Waals surface area contributed by atoms with Gasteiger partial charge in [0.1, 0.15) is 11.6 Å². The number of allylic oxidation sites excluding steroid dienone is 2. The van der Waals surface area contributed by atoms with Gasteiger partial charge < -0.3 is 29.4 Å². The lowest BCUT2D eigenvalue weighted by Crippen LogP contribution is -2.35. The van der Waals surface area contributed by atoms with E-state index in [4.69, 9.17) is 30.8 Å². The molecular weight excluding hydrogens is 699 g/mol. The third-order valence-electron chi connectivity index (χ3n) is 10.9. The Morgan fingerprint density at radius 2 is 1.92 bits per heavy atom. The zero-order chi connectivity index (χ0) is 36.4. The molecule has 2 unspecified atom stereocenters. The number of fused-ring (bicyclic) bond motifs is 3. The number of aliphatic imine (C=N–C) groups is 1. The van der Waals surface area contributed by atoms with Crippen LogP contribution in [0.15, 0.2) is 83.0 Å². The monoisotopic (exact) mass is 736 g/mol. The molecule has 11 nitrogen and oxygen atoms in total. The van der Waals surface area contributed by atoms with Crippen LogP contribution in [0.2, 0.25) is 5.02 Å². The fourth-order valence-electron chi connectivity index (χ4n) is 8.00. The molecule has 3 fully saturated rings. The normalized spacial score (nSPS) is 24.8. The average molecular weight is 737 g/mol. The van der Waals surface area contributed by atoms with Gasteiger partial charge in [0.15, 0.2) is 11.5 Å². The second kappa shape index (κ2) is 13.1. The summed E-state index contributed by atoms with van der Waals surface area (Å²) >= 11 is 6.01. The average Bonchev–Trinajstić information content (AvgIpc) is 3.78. The SMILES string of the molecule is CC1=CC(=NC(=O)c2ccc3c(c2)nc(CN2CCC(c4cccc5c4OC(C)(c4ccc(Cl)cc4F)O5)CC2)n3C[C@@H]2CCO2)C=C2NC(=O)NC12. The van der Waals surface area contributed by atoms with Crippen LogP contribution in [0.1, 0.15) is 66.3 Å². The van der Waals surface area contributed by atoms with E-state index in [1.165, 1.54) is 6.07 Å². The number of likely N-dealkylation sites (tertiary alicyclic amines) is 1. The van der Waals surface area contributed by atoms with Crippen LogP contribution in [0.4, 0.5) is 9.18 Å². The maximum absolute atomic E-state index is 14.9. The van der Waals surface area contributed by atoms with Crippen molar-refractivity contribution in [3.8, 4) is 11.5 Å². The van der Waals surface area contributed by atoms with E-state index in [1.54, 1.807) is 31.2 Å². The molecule has 0 spiro atoms. The smallest absolute Gasteiger partial charge is 0.319 e. The number of hydrogen-bond donors (Lipinski definition) is 2. The minimum atomic E-state index is -1.30. The molecule has 4 aliphatic heterocycles. The second-order valence-electron chi connectivity index (χ2n) is 14.5. The highest BCUT2D eigenvalue weighted by Crippen LogP contribution is 2.50. The molecule has 5 aliphatic rings. The maximum Gasteiger partial charge on any atom is 0.319 e.